The number of phosphoric acid groups is 1. The van der Waals surface area contributed by atoms with Crippen molar-refractivity contribution < 1.29 is 434 Å². The average Bonchev–Trinajstić information content (AvgIpc) is 1.91. The van der Waals surface area contributed by atoms with Crippen molar-refractivity contribution in [2.24, 2.45) is 0 Å². The second-order valence-corrected chi connectivity index (χ2v) is 2.69. The number of hydrogen-bond donors (Lipinski definition) is 3. The summed E-state index contributed by atoms with van der Waals surface area (Å²) in [6.07, 6.45) is 0. The summed E-state index contributed by atoms with van der Waals surface area (Å²) in [5.74, 6) is 0. The van der Waals surface area contributed by atoms with Gasteiger partial charge in [-0.2, -0.15) is 0 Å². The largest absolute Gasteiger partial charge is 1.00 e. The summed E-state index contributed by atoms with van der Waals surface area (Å²) in [6, 6.07) is 0. The summed E-state index contributed by atoms with van der Waals surface area (Å²) in [5.41, 5.74) is 0. The van der Waals surface area contributed by atoms with E-state index in [0.29, 0.717) is 0 Å². The Bertz CT molecular complexity index is 184. The van der Waals surface area contributed by atoms with Gasteiger partial charge in [0.15, 0.2) is 0 Å². The van der Waals surface area contributed by atoms with E-state index < -0.39 is 37.1 Å². The summed E-state index contributed by atoms with van der Waals surface area (Å²) in [4.78, 5) is 21.6. The molecule has 0 aliphatic carbocycles. The third-order valence-electron chi connectivity index (χ3n) is 0. The van der Waals surface area contributed by atoms with Gasteiger partial charge in [0.1, 0.15) is 0 Å². The van der Waals surface area contributed by atoms with Crippen molar-refractivity contribution in [1.82, 2.24) is 0 Å². The van der Waals surface area contributed by atoms with Crippen molar-refractivity contribution in [1.29, 1.82) is 0 Å². The van der Waals surface area contributed by atoms with Crippen LogP contribution in [0.1, 0.15) is 0 Å². The predicted octanol–water partition coefficient (Wildman–Crippen LogP) is -52.7. The molecule has 0 spiro atoms. The molecule has 33 heavy (non-hydrogen) atoms. The van der Waals surface area contributed by atoms with Gasteiger partial charge in [0.2, 0.25) is 0 Å². The van der Waals surface area contributed by atoms with E-state index in [-0.39, 0.29) is 355 Å². The van der Waals surface area contributed by atoms with Crippen LogP contribution in [-0.2, 0) is 4.57 Å². The van der Waals surface area contributed by atoms with Crippen LogP contribution < -0.4 is 415 Å². The van der Waals surface area contributed by atoms with E-state index >= 15 is 0 Å². The molecule has 0 fully saturated rings. The first kappa shape index (κ1) is 111. The molecule has 0 heterocycles. The predicted molar refractivity (Wildman–Crippen MR) is 37.3 cm³/mol. The summed E-state index contributed by atoms with van der Waals surface area (Å²) >= 11 is 0. The van der Waals surface area contributed by atoms with Gasteiger partial charge < -0.3 is 75.0 Å². The fourth-order valence-electron chi connectivity index (χ4n) is 0. The molecule has 0 rings (SSSR count). The number of rotatable bonds is 0. The van der Waals surface area contributed by atoms with Crippen LogP contribution in [0, 0.1) is 0 Å². The van der Waals surface area contributed by atoms with E-state index in [2.05, 4.69) is 0 Å². The summed E-state index contributed by atoms with van der Waals surface area (Å²) in [5, 5.41) is 101. The Labute approximate surface area is 459 Å². The number of hydrogen-bond acceptors (Lipinski definition) is 13. The summed E-state index contributed by atoms with van der Waals surface area (Å²) in [7, 11) is -16.3. The molecule has 16 nitrogen and oxygen atoms in total. The molecule has 0 unspecified atom stereocenters. The van der Waals surface area contributed by atoms with Crippen LogP contribution in [0.2, 0.25) is 0 Å². The van der Waals surface area contributed by atoms with Crippen molar-refractivity contribution in [2.45, 2.75) is 0 Å². The Morgan fingerprint density at radius 3 is 0.333 bits per heavy atom. The van der Waals surface area contributed by atoms with Crippen molar-refractivity contribution in [3.63, 3.8) is 0 Å². The SMILES string of the molecule is O=P(O)(O)O.[Na+].[Na+].[Na+].[Na+].[Na+].[Na+].[Na+].[Na+].[Na+].[Na+].[Na+].[Na+].[O-]B([O-])[O-].[O-]B([O-])[O-].[O-]B([O-])[O-].[O-]B([O-])[O-]. The van der Waals surface area contributed by atoms with Gasteiger partial charge in [-0.3, -0.25) is 29.3 Å². The Morgan fingerprint density at radius 1 is 0.333 bits per heavy atom. The summed E-state index contributed by atoms with van der Waals surface area (Å²) < 4.78 is 8.88. The van der Waals surface area contributed by atoms with Gasteiger partial charge >= 0.3 is 363 Å². The van der Waals surface area contributed by atoms with Crippen LogP contribution in [0.3, 0.4) is 0 Å². The molecule has 0 aromatic heterocycles. The molecular weight excluding hydrogens is 606 g/mol. The smallest absolute Gasteiger partial charge is 0.907 e. The molecule has 0 radical (unpaired) electrons. The monoisotopic (exact) mass is 610 g/mol. The van der Waals surface area contributed by atoms with E-state index in [1.807, 2.05) is 0 Å². The molecule has 0 amide bonds. The van der Waals surface area contributed by atoms with Crippen LogP contribution >= 0.6 is 7.82 Å². The van der Waals surface area contributed by atoms with Crippen molar-refractivity contribution in [3.8, 4) is 0 Å². The topological polar surface area (TPSA) is 354 Å². The van der Waals surface area contributed by atoms with E-state index in [4.69, 9.17) is 79.5 Å². The molecule has 3 N–H and O–H groups in total. The minimum atomic E-state index is -4.64. The molecule has 0 atom stereocenters. The van der Waals surface area contributed by atoms with Crippen LogP contribution in [0.15, 0.2) is 0 Å². The van der Waals surface area contributed by atoms with E-state index in [1.165, 1.54) is 0 Å². The molecule has 0 saturated heterocycles. The van der Waals surface area contributed by atoms with Crippen molar-refractivity contribution in [2.75, 3.05) is 0 Å². The zero-order chi connectivity index (χ0) is 18.8. The fourth-order valence-corrected chi connectivity index (χ4v) is 0. The van der Waals surface area contributed by atoms with Crippen LogP contribution in [0.25, 0.3) is 0 Å². The van der Waals surface area contributed by atoms with Crippen LogP contribution in [-0.4, -0.2) is 44.0 Å². The van der Waals surface area contributed by atoms with Crippen LogP contribution in [0.5, 0.6) is 0 Å². The first-order valence-corrected chi connectivity index (χ1v) is 5.18. The minimum absolute atomic E-state index is 0. The Hall–Kier alpha value is 11.9. The van der Waals surface area contributed by atoms with Crippen molar-refractivity contribution in [3.05, 3.63) is 0 Å². The second kappa shape index (κ2) is 90.4. The van der Waals surface area contributed by atoms with Gasteiger partial charge in [-0.1, -0.05) is 0 Å². The molecule has 0 aliphatic rings. The fraction of sp³-hybridized carbons (Fsp3) is 0. The average molecular weight is 609 g/mol. The van der Waals surface area contributed by atoms with E-state index in [0.717, 1.165) is 0 Å². The van der Waals surface area contributed by atoms with Gasteiger partial charge in [0.25, 0.3) is 0 Å². The normalized spacial score (nSPS) is 5.06. The zero-order valence-corrected chi connectivity index (χ0v) is 46.3. The first-order valence-electron chi connectivity index (χ1n) is 3.61. The molecule has 0 aromatic carbocycles. The third kappa shape index (κ3) is 545. The van der Waals surface area contributed by atoms with E-state index in [1.54, 1.807) is 0 Å². The molecular formula is H3B4Na12O16P. The minimum Gasteiger partial charge on any atom is -0.907 e. The van der Waals surface area contributed by atoms with Gasteiger partial charge in [0.05, 0.1) is 0 Å². The first-order chi connectivity index (χ1) is 8.93. The standard InChI is InChI=1S/4BO3.12Na.H3O4P/c4*2-1(3)4;;;;;;;;;;;;;1-5(2,3)4/h;;;;;;;;;;;;;;;;(H3,1,2,3,4)/q4*-3;12*+1;. The van der Waals surface area contributed by atoms with Gasteiger partial charge in [-0.05, 0) is 0 Å². The maximum atomic E-state index is 8.88. The zero-order valence-electron chi connectivity index (χ0n) is 21.4. The molecule has 0 aliphatic heterocycles. The molecule has 33 heteroatoms. The third-order valence-corrected chi connectivity index (χ3v) is 0. The van der Waals surface area contributed by atoms with Crippen molar-refractivity contribution >= 4 is 37.1 Å². The maximum Gasteiger partial charge on any atom is 1.00 e. The maximum absolute atomic E-state index is 8.88. The van der Waals surface area contributed by atoms with Gasteiger partial charge in [0, 0.05) is 0 Å². The quantitative estimate of drug-likeness (QED) is 0.169. The second-order valence-electron chi connectivity index (χ2n) is 1.67. The molecule has 0 aromatic rings. The van der Waals surface area contributed by atoms with E-state index in [9.17, 15) is 0 Å². The Morgan fingerprint density at radius 2 is 0.333 bits per heavy atom. The van der Waals surface area contributed by atoms with Crippen LogP contribution in [0.4, 0.5) is 0 Å². The molecule has 0 bridgehead atoms. The Kier molecular flexibility index (Phi) is 304. The summed E-state index contributed by atoms with van der Waals surface area (Å²) in [6.45, 7) is 0. The van der Waals surface area contributed by atoms with Gasteiger partial charge in [-0.25, -0.2) is 4.57 Å². The molecule has 128 valence electrons. The Balaban J connectivity index is -0.00000000594. The van der Waals surface area contributed by atoms with Gasteiger partial charge in [-0.15, -0.1) is 0 Å². The molecule has 0 saturated carbocycles.